The van der Waals surface area contributed by atoms with Gasteiger partial charge in [-0.25, -0.2) is 9.78 Å². The fourth-order valence-corrected chi connectivity index (χ4v) is 4.83. The number of nitrogens with zero attached hydrogens (tertiary/aromatic N) is 3. The third-order valence-corrected chi connectivity index (χ3v) is 6.91. The van der Waals surface area contributed by atoms with E-state index in [1.54, 1.807) is 0 Å². The normalized spacial score (nSPS) is 16.8. The lowest BCUT2D eigenvalue weighted by Gasteiger charge is -2.36. The summed E-state index contributed by atoms with van der Waals surface area (Å²) in [5.41, 5.74) is 4.22. The van der Waals surface area contributed by atoms with Crippen LogP contribution < -0.4 is 0 Å². The third kappa shape index (κ3) is 3.83. The summed E-state index contributed by atoms with van der Waals surface area (Å²) in [6.07, 6.45) is 4.08. The average molecular weight is 456 g/mol. The first-order valence-corrected chi connectivity index (χ1v) is 10.8. The largest absolute Gasteiger partial charge is 0.465 e. The molecular formula is C23H26BrN3O2. The number of ether oxygens (including phenoxy) is 1. The van der Waals surface area contributed by atoms with Crippen LogP contribution in [0.4, 0.5) is 0 Å². The number of methoxy groups -OCH3 is 1. The van der Waals surface area contributed by atoms with Gasteiger partial charge in [0.25, 0.3) is 0 Å². The standard InChI is InChI=1S/C23H26BrN3O2/c1-15(21-14-19-20(24)8-11-25-22(19)26(21)2)27-12-9-17(10-13-27)16-4-6-18(7-5-16)23(28)29-3/h4-8,11,14-15,17H,9-10,12-13H2,1-3H3/t15-/m0/s1. The molecule has 0 unspecified atom stereocenters. The quantitative estimate of drug-likeness (QED) is 0.515. The Morgan fingerprint density at radius 2 is 1.90 bits per heavy atom. The van der Waals surface area contributed by atoms with Crippen molar-refractivity contribution in [2.24, 2.45) is 7.05 Å². The molecule has 1 atom stereocenters. The van der Waals surface area contributed by atoms with Crippen LogP contribution in [0.1, 0.15) is 53.3 Å². The van der Waals surface area contributed by atoms with Crippen LogP contribution in [0, 0.1) is 0 Å². The lowest BCUT2D eigenvalue weighted by atomic mass is 9.88. The summed E-state index contributed by atoms with van der Waals surface area (Å²) in [5, 5.41) is 1.16. The van der Waals surface area contributed by atoms with E-state index in [2.05, 4.69) is 62.6 Å². The molecule has 0 amide bonds. The van der Waals surface area contributed by atoms with E-state index in [0.29, 0.717) is 17.5 Å². The summed E-state index contributed by atoms with van der Waals surface area (Å²) in [4.78, 5) is 18.7. The minimum absolute atomic E-state index is 0.281. The van der Waals surface area contributed by atoms with Gasteiger partial charge in [0, 0.05) is 34.8 Å². The minimum Gasteiger partial charge on any atom is -0.465 e. The number of hydrogen-bond acceptors (Lipinski definition) is 4. The first kappa shape index (κ1) is 20.1. The van der Waals surface area contributed by atoms with Crippen molar-refractivity contribution in [2.75, 3.05) is 20.2 Å². The highest BCUT2D eigenvalue weighted by molar-refractivity contribution is 9.10. The second-order valence-electron chi connectivity index (χ2n) is 7.76. The molecule has 1 aliphatic rings. The lowest BCUT2D eigenvalue weighted by Crippen LogP contribution is -2.35. The van der Waals surface area contributed by atoms with Gasteiger partial charge >= 0.3 is 5.97 Å². The fourth-order valence-electron chi connectivity index (χ4n) is 4.42. The number of carbonyl (C=O) groups excluding carboxylic acids is 1. The van der Waals surface area contributed by atoms with Crippen molar-refractivity contribution >= 4 is 32.9 Å². The first-order chi connectivity index (χ1) is 14.0. The van der Waals surface area contributed by atoms with Gasteiger partial charge in [-0.1, -0.05) is 12.1 Å². The number of rotatable bonds is 4. The molecule has 1 saturated heterocycles. The maximum Gasteiger partial charge on any atom is 0.337 e. The number of aryl methyl sites for hydroxylation is 1. The van der Waals surface area contributed by atoms with E-state index in [-0.39, 0.29) is 5.97 Å². The van der Waals surface area contributed by atoms with Crippen molar-refractivity contribution in [3.8, 4) is 0 Å². The van der Waals surface area contributed by atoms with Crippen molar-refractivity contribution in [3.05, 3.63) is 63.9 Å². The van der Waals surface area contributed by atoms with Crippen LogP contribution in [0.2, 0.25) is 0 Å². The molecule has 1 aliphatic heterocycles. The van der Waals surface area contributed by atoms with Crippen molar-refractivity contribution in [1.82, 2.24) is 14.5 Å². The molecule has 0 N–H and O–H groups in total. The fraction of sp³-hybridized carbons (Fsp3) is 0.391. The van der Waals surface area contributed by atoms with Gasteiger partial charge in [0.15, 0.2) is 0 Å². The Hall–Kier alpha value is -2.18. The van der Waals surface area contributed by atoms with E-state index in [9.17, 15) is 4.79 Å². The molecule has 0 spiro atoms. The lowest BCUT2D eigenvalue weighted by molar-refractivity contribution is 0.0600. The highest BCUT2D eigenvalue weighted by Gasteiger charge is 2.26. The number of piperidine rings is 1. The number of carbonyl (C=O) groups is 1. The summed E-state index contributed by atoms with van der Waals surface area (Å²) in [5.74, 6) is 0.254. The molecule has 0 aliphatic carbocycles. The highest BCUT2D eigenvalue weighted by atomic mass is 79.9. The van der Waals surface area contributed by atoms with E-state index in [4.69, 9.17) is 4.74 Å². The van der Waals surface area contributed by atoms with Crippen LogP contribution in [0.5, 0.6) is 0 Å². The van der Waals surface area contributed by atoms with E-state index in [1.807, 2.05) is 24.4 Å². The van der Waals surface area contributed by atoms with Crippen LogP contribution in [-0.4, -0.2) is 40.6 Å². The molecule has 4 rings (SSSR count). The van der Waals surface area contributed by atoms with E-state index >= 15 is 0 Å². The van der Waals surface area contributed by atoms with Gasteiger partial charge in [-0.3, -0.25) is 4.90 Å². The van der Waals surface area contributed by atoms with Crippen molar-refractivity contribution in [2.45, 2.75) is 31.7 Å². The number of fused-ring (bicyclic) bond motifs is 1. The number of pyridine rings is 1. The van der Waals surface area contributed by atoms with Crippen LogP contribution in [0.25, 0.3) is 11.0 Å². The van der Waals surface area contributed by atoms with Crippen molar-refractivity contribution in [1.29, 1.82) is 0 Å². The zero-order valence-corrected chi connectivity index (χ0v) is 18.6. The Kier molecular flexibility index (Phi) is 5.74. The minimum atomic E-state index is -0.281. The van der Waals surface area contributed by atoms with Crippen molar-refractivity contribution in [3.63, 3.8) is 0 Å². The summed E-state index contributed by atoms with van der Waals surface area (Å²) in [6, 6.07) is 12.5. The number of benzene rings is 1. The number of hydrogen-bond donors (Lipinski definition) is 0. The maximum absolute atomic E-state index is 11.6. The predicted molar refractivity (Wildman–Crippen MR) is 118 cm³/mol. The van der Waals surface area contributed by atoms with Crippen molar-refractivity contribution < 1.29 is 9.53 Å². The first-order valence-electron chi connectivity index (χ1n) is 10.0. The van der Waals surface area contributed by atoms with Gasteiger partial charge in [0.1, 0.15) is 5.65 Å². The molecule has 5 nitrogen and oxygen atoms in total. The van der Waals surface area contributed by atoms with E-state index in [1.165, 1.54) is 18.4 Å². The van der Waals surface area contributed by atoms with Crippen LogP contribution in [-0.2, 0) is 11.8 Å². The van der Waals surface area contributed by atoms with Gasteiger partial charge in [-0.05, 0) is 84.5 Å². The zero-order valence-electron chi connectivity index (χ0n) is 17.1. The number of esters is 1. The Morgan fingerprint density at radius 3 is 2.52 bits per heavy atom. The second-order valence-corrected chi connectivity index (χ2v) is 8.61. The average Bonchev–Trinajstić information content (AvgIpc) is 3.11. The molecule has 3 heterocycles. The molecule has 0 radical (unpaired) electrons. The van der Waals surface area contributed by atoms with Crippen LogP contribution in [0.3, 0.4) is 0 Å². The Morgan fingerprint density at radius 1 is 1.21 bits per heavy atom. The topological polar surface area (TPSA) is 47.4 Å². The number of halogens is 1. The molecule has 152 valence electrons. The SMILES string of the molecule is COC(=O)c1ccc(C2CCN([C@@H](C)c3cc4c(Br)ccnc4n3C)CC2)cc1. The van der Waals surface area contributed by atoms with E-state index in [0.717, 1.165) is 41.4 Å². The highest BCUT2D eigenvalue weighted by Crippen LogP contribution is 2.34. The smallest absolute Gasteiger partial charge is 0.337 e. The van der Waals surface area contributed by atoms with Gasteiger partial charge in [0.2, 0.25) is 0 Å². The third-order valence-electron chi connectivity index (χ3n) is 6.22. The predicted octanol–water partition coefficient (Wildman–Crippen LogP) is 5.06. The Labute approximate surface area is 179 Å². The van der Waals surface area contributed by atoms with E-state index < -0.39 is 0 Å². The maximum atomic E-state index is 11.6. The summed E-state index contributed by atoms with van der Waals surface area (Å²) >= 11 is 3.65. The molecule has 29 heavy (non-hydrogen) atoms. The Balaban J connectivity index is 1.45. The van der Waals surface area contributed by atoms with Gasteiger partial charge < -0.3 is 9.30 Å². The van der Waals surface area contributed by atoms with Crippen LogP contribution in [0.15, 0.2) is 47.1 Å². The molecule has 3 aromatic rings. The molecular weight excluding hydrogens is 430 g/mol. The Bertz CT molecular complexity index is 1020. The molecule has 6 heteroatoms. The summed E-state index contributed by atoms with van der Waals surface area (Å²) < 4.78 is 8.09. The zero-order chi connectivity index (χ0) is 20.5. The summed E-state index contributed by atoms with van der Waals surface area (Å²) in [6.45, 7) is 4.40. The monoisotopic (exact) mass is 455 g/mol. The van der Waals surface area contributed by atoms with Crippen LogP contribution >= 0.6 is 15.9 Å². The van der Waals surface area contributed by atoms with Gasteiger partial charge in [-0.2, -0.15) is 0 Å². The number of aromatic nitrogens is 2. The van der Waals surface area contributed by atoms with Gasteiger partial charge in [0.05, 0.1) is 12.7 Å². The molecule has 1 fully saturated rings. The molecule has 1 aromatic carbocycles. The molecule has 0 saturated carbocycles. The van der Waals surface area contributed by atoms with Gasteiger partial charge in [-0.15, -0.1) is 0 Å². The molecule has 0 bridgehead atoms. The second kappa shape index (κ2) is 8.28. The summed E-state index contributed by atoms with van der Waals surface area (Å²) in [7, 11) is 3.51. The number of likely N-dealkylation sites (tertiary alicyclic amines) is 1. The molecule has 2 aromatic heterocycles.